The molecule has 0 unspecified atom stereocenters. The van der Waals surface area contributed by atoms with E-state index in [0.29, 0.717) is 11.1 Å². The van der Waals surface area contributed by atoms with Gasteiger partial charge < -0.3 is 14.5 Å². The summed E-state index contributed by atoms with van der Waals surface area (Å²) in [5.41, 5.74) is 6.83. The van der Waals surface area contributed by atoms with E-state index < -0.39 is 0 Å². The molecule has 4 heteroatoms. The van der Waals surface area contributed by atoms with Crippen LogP contribution in [0.15, 0.2) is 133 Å². The van der Waals surface area contributed by atoms with Crippen LogP contribution in [0.3, 0.4) is 0 Å². The van der Waals surface area contributed by atoms with Gasteiger partial charge in [0.2, 0.25) is 0 Å². The Balaban J connectivity index is 1.46. The average Bonchev–Trinajstić information content (AvgIpc) is 3.61. The quantitative estimate of drug-likeness (QED) is 0.170. The summed E-state index contributed by atoms with van der Waals surface area (Å²) in [7, 11) is 0. The molecule has 0 radical (unpaired) electrons. The Kier molecular flexibility index (Phi) is 5.08. The number of nitrogens with one attached hydrogen (secondary N) is 1. The summed E-state index contributed by atoms with van der Waals surface area (Å²) in [4.78, 5) is 0. The van der Waals surface area contributed by atoms with Gasteiger partial charge in [-0.1, -0.05) is 103 Å². The Morgan fingerprint density at radius 1 is 0.477 bits per heavy atom. The van der Waals surface area contributed by atoms with Gasteiger partial charge in [0.05, 0.1) is 39.0 Å². The summed E-state index contributed by atoms with van der Waals surface area (Å²) in [6, 6.07) is 48.8. The minimum atomic E-state index is 0.472. The maximum atomic E-state index is 10.8. The number of benzene rings is 7. The van der Waals surface area contributed by atoms with Gasteiger partial charge >= 0.3 is 0 Å². The van der Waals surface area contributed by atoms with Gasteiger partial charge in [-0.2, -0.15) is 5.26 Å². The molecule has 4 nitrogen and oxygen atoms in total. The molecule has 0 saturated heterocycles. The van der Waals surface area contributed by atoms with Gasteiger partial charge in [-0.25, -0.2) is 0 Å². The van der Waals surface area contributed by atoms with Crippen LogP contribution in [0, 0.1) is 16.7 Å². The molecule has 9 aromatic rings. The number of aromatic nitrogens is 2. The molecular formula is C40H24N4. The Morgan fingerprint density at radius 2 is 0.932 bits per heavy atom. The zero-order valence-corrected chi connectivity index (χ0v) is 23.6. The fourth-order valence-corrected chi connectivity index (χ4v) is 7.30. The molecule has 0 saturated carbocycles. The first kappa shape index (κ1) is 24.4. The van der Waals surface area contributed by atoms with E-state index in [1.165, 1.54) is 27.8 Å². The van der Waals surface area contributed by atoms with Crippen LogP contribution in [0.25, 0.3) is 76.5 Å². The second-order valence-electron chi connectivity index (χ2n) is 11.2. The van der Waals surface area contributed by atoms with Crippen molar-refractivity contribution in [3.8, 4) is 17.4 Å². The summed E-state index contributed by atoms with van der Waals surface area (Å²) >= 11 is 0. The summed E-state index contributed by atoms with van der Waals surface area (Å²) in [5, 5.41) is 28.8. The maximum absolute atomic E-state index is 10.8. The molecule has 1 N–H and O–H groups in total. The summed E-state index contributed by atoms with van der Waals surface area (Å²) in [6.45, 7) is 0. The van der Waals surface area contributed by atoms with E-state index in [-0.39, 0.29) is 0 Å². The first-order valence-corrected chi connectivity index (χ1v) is 14.7. The van der Waals surface area contributed by atoms with Crippen molar-refractivity contribution in [2.45, 2.75) is 0 Å². The molecule has 7 aromatic carbocycles. The second kappa shape index (κ2) is 9.16. The fourth-order valence-electron chi connectivity index (χ4n) is 7.30. The molecule has 9 rings (SSSR count). The summed E-state index contributed by atoms with van der Waals surface area (Å²) < 4.78 is 4.42. The van der Waals surface area contributed by atoms with E-state index in [2.05, 4.69) is 118 Å². The Labute approximate surface area is 252 Å². The van der Waals surface area contributed by atoms with Gasteiger partial charge in [0.1, 0.15) is 6.07 Å². The van der Waals surface area contributed by atoms with Crippen molar-refractivity contribution in [2.24, 2.45) is 0 Å². The van der Waals surface area contributed by atoms with Crippen molar-refractivity contribution in [1.29, 1.82) is 10.7 Å². The highest BCUT2D eigenvalue weighted by Crippen LogP contribution is 2.43. The third-order valence-corrected chi connectivity index (χ3v) is 9.06. The normalized spacial score (nSPS) is 11.7. The standard InChI is InChI=1S/C40H24N4/c41-23-32-33(24-42)38(22-21-37(32)43-34-18-8-5-13-27(34)28-14-6-9-19-35(28)43)44-36-20-10-7-17-31(36)39-29-15-3-1-11-25(29)26-12-2-4-16-30(26)40(39)44/h1-22,24,42H. The lowest BCUT2D eigenvalue weighted by Crippen LogP contribution is -2.06. The smallest absolute Gasteiger partial charge is 0.102 e. The number of hydrogen-bond acceptors (Lipinski definition) is 2. The largest absolute Gasteiger partial charge is 0.308 e. The molecule has 0 aliphatic rings. The number of nitriles is 1. The molecule has 0 aliphatic carbocycles. The van der Waals surface area contributed by atoms with Crippen LogP contribution in [0.2, 0.25) is 0 Å². The first-order chi connectivity index (χ1) is 21.8. The van der Waals surface area contributed by atoms with Gasteiger partial charge in [0, 0.05) is 38.7 Å². The fraction of sp³-hybridized carbons (Fsp3) is 0. The predicted molar refractivity (Wildman–Crippen MR) is 183 cm³/mol. The van der Waals surface area contributed by atoms with Gasteiger partial charge in [-0.15, -0.1) is 0 Å². The van der Waals surface area contributed by atoms with Gasteiger partial charge in [0.15, 0.2) is 0 Å². The molecule has 204 valence electrons. The van der Waals surface area contributed by atoms with Crippen LogP contribution in [-0.2, 0) is 0 Å². The maximum Gasteiger partial charge on any atom is 0.102 e. The van der Waals surface area contributed by atoms with Crippen LogP contribution in [-0.4, -0.2) is 15.3 Å². The van der Waals surface area contributed by atoms with Crippen LogP contribution in [0.1, 0.15) is 11.1 Å². The molecule has 0 atom stereocenters. The van der Waals surface area contributed by atoms with Crippen LogP contribution < -0.4 is 0 Å². The van der Waals surface area contributed by atoms with Crippen LogP contribution in [0.4, 0.5) is 0 Å². The number of hydrogen-bond donors (Lipinski definition) is 1. The van der Waals surface area contributed by atoms with Gasteiger partial charge in [-0.05, 0) is 46.5 Å². The monoisotopic (exact) mass is 560 g/mol. The van der Waals surface area contributed by atoms with Gasteiger partial charge in [-0.3, -0.25) is 0 Å². The van der Waals surface area contributed by atoms with E-state index in [4.69, 9.17) is 5.41 Å². The minimum Gasteiger partial charge on any atom is -0.308 e. The van der Waals surface area contributed by atoms with Crippen molar-refractivity contribution in [2.75, 3.05) is 0 Å². The van der Waals surface area contributed by atoms with E-state index in [9.17, 15) is 5.26 Å². The number of rotatable bonds is 3. The lowest BCUT2D eigenvalue weighted by atomic mass is 9.96. The lowest BCUT2D eigenvalue weighted by molar-refractivity contribution is 1.13. The molecule has 0 fully saturated rings. The zero-order chi connectivity index (χ0) is 29.4. The molecule has 0 bridgehead atoms. The van der Waals surface area contributed by atoms with Crippen molar-refractivity contribution in [1.82, 2.24) is 9.13 Å². The van der Waals surface area contributed by atoms with Crippen molar-refractivity contribution in [3.63, 3.8) is 0 Å². The van der Waals surface area contributed by atoms with E-state index in [1.807, 2.05) is 30.3 Å². The van der Waals surface area contributed by atoms with Crippen LogP contribution >= 0.6 is 0 Å². The Morgan fingerprint density at radius 3 is 1.52 bits per heavy atom. The van der Waals surface area contributed by atoms with E-state index in [0.717, 1.165) is 55.0 Å². The highest BCUT2D eigenvalue weighted by Gasteiger charge is 2.23. The first-order valence-electron chi connectivity index (χ1n) is 14.7. The number of fused-ring (bicyclic) bond motifs is 11. The molecular weight excluding hydrogens is 536 g/mol. The highest BCUT2D eigenvalue weighted by molar-refractivity contribution is 6.32. The number of para-hydroxylation sites is 3. The Bertz CT molecular complexity index is 2650. The second-order valence-corrected chi connectivity index (χ2v) is 11.2. The van der Waals surface area contributed by atoms with E-state index in [1.54, 1.807) is 0 Å². The topological polar surface area (TPSA) is 57.5 Å². The molecule has 0 aliphatic heterocycles. The van der Waals surface area contributed by atoms with Crippen molar-refractivity contribution < 1.29 is 0 Å². The van der Waals surface area contributed by atoms with Crippen LogP contribution in [0.5, 0.6) is 0 Å². The minimum absolute atomic E-state index is 0.472. The summed E-state index contributed by atoms with van der Waals surface area (Å²) in [6.07, 6.45) is 1.34. The molecule has 44 heavy (non-hydrogen) atoms. The average molecular weight is 561 g/mol. The zero-order valence-electron chi connectivity index (χ0n) is 23.6. The molecule has 2 aromatic heterocycles. The van der Waals surface area contributed by atoms with Crippen molar-refractivity contribution in [3.05, 3.63) is 145 Å². The number of nitrogens with zero attached hydrogens (tertiary/aromatic N) is 3. The SMILES string of the molecule is N#Cc1c(-n2c3ccccc3c3ccccc32)ccc(-n2c3ccccc3c3c4ccccc4c4ccccc4c32)c1C=N. The summed E-state index contributed by atoms with van der Waals surface area (Å²) in [5.74, 6) is 0. The van der Waals surface area contributed by atoms with E-state index >= 15 is 0 Å². The van der Waals surface area contributed by atoms with Crippen molar-refractivity contribution >= 4 is 71.4 Å². The molecule has 2 heterocycles. The molecule has 0 spiro atoms. The third kappa shape index (κ3) is 3.13. The van der Waals surface area contributed by atoms with Gasteiger partial charge in [0.25, 0.3) is 0 Å². The Hall–Kier alpha value is -6.18. The molecule has 0 amide bonds. The predicted octanol–water partition coefficient (Wildman–Crippen LogP) is 10.1. The lowest BCUT2D eigenvalue weighted by Gasteiger charge is -2.18. The highest BCUT2D eigenvalue weighted by atomic mass is 15.0. The third-order valence-electron chi connectivity index (χ3n) is 9.06.